The van der Waals surface area contributed by atoms with Crippen molar-refractivity contribution in [2.24, 2.45) is 5.73 Å². The average Bonchev–Trinajstić information content (AvgIpc) is 3.13. The van der Waals surface area contributed by atoms with E-state index in [1.807, 2.05) is 12.1 Å². The first-order valence-electron chi connectivity index (χ1n) is 7.56. The van der Waals surface area contributed by atoms with Gasteiger partial charge >= 0.3 is 0 Å². The monoisotopic (exact) mass is 338 g/mol. The molecular weight excluding hydrogens is 324 g/mol. The third-order valence-electron chi connectivity index (χ3n) is 3.96. The molecule has 2 heterocycles. The highest BCUT2D eigenvalue weighted by Gasteiger charge is 2.26. The number of aryl methyl sites for hydroxylation is 1. The number of benzene rings is 1. The minimum absolute atomic E-state index is 0.0118. The molecule has 0 atom stereocenters. The topological polar surface area (TPSA) is 85.3 Å². The lowest BCUT2D eigenvalue weighted by Gasteiger charge is -2.05. The molecule has 2 aromatic heterocycles. The van der Waals surface area contributed by atoms with E-state index in [0.29, 0.717) is 16.8 Å². The summed E-state index contributed by atoms with van der Waals surface area (Å²) in [6, 6.07) is 8.81. The van der Waals surface area contributed by atoms with Gasteiger partial charge in [-0.15, -0.1) is 11.3 Å². The Morgan fingerprint density at radius 1 is 1.21 bits per heavy atom. The number of hydrogen-bond donors (Lipinski definition) is 2. The molecule has 1 aliphatic carbocycles. The fourth-order valence-corrected chi connectivity index (χ4v) is 4.05. The second-order valence-electron chi connectivity index (χ2n) is 5.53. The maximum absolute atomic E-state index is 12.5. The molecule has 1 aromatic carbocycles. The van der Waals surface area contributed by atoms with Crippen LogP contribution in [0.25, 0.3) is 16.4 Å². The van der Waals surface area contributed by atoms with Crippen LogP contribution in [0.3, 0.4) is 0 Å². The van der Waals surface area contributed by atoms with Crippen molar-refractivity contribution in [3.05, 3.63) is 58.2 Å². The molecule has 6 heteroatoms. The third-order valence-corrected chi connectivity index (χ3v) is 5.22. The maximum atomic E-state index is 12.5. The largest absolute Gasteiger partial charge is 0.447 e. The lowest BCUT2D eigenvalue weighted by atomic mass is 10.1. The van der Waals surface area contributed by atoms with Crippen molar-refractivity contribution in [3.63, 3.8) is 0 Å². The number of amides is 2. The van der Waals surface area contributed by atoms with Crippen LogP contribution in [-0.4, -0.2) is 11.8 Å². The van der Waals surface area contributed by atoms with E-state index < -0.39 is 5.91 Å². The minimum Gasteiger partial charge on any atom is -0.447 e. The van der Waals surface area contributed by atoms with Gasteiger partial charge in [0, 0.05) is 16.0 Å². The Morgan fingerprint density at radius 2 is 2.00 bits per heavy atom. The number of thiophene rings is 1. The zero-order chi connectivity index (χ0) is 16.7. The summed E-state index contributed by atoms with van der Waals surface area (Å²) in [5.41, 5.74) is 7.88. The number of allylic oxidation sites excluding steroid dienone is 1. The zero-order valence-corrected chi connectivity index (χ0v) is 13.5. The number of fused-ring (bicyclic) bond motifs is 3. The first-order valence-corrected chi connectivity index (χ1v) is 8.37. The molecule has 0 saturated heterocycles. The Kier molecular flexibility index (Phi) is 3.46. The van der Waals surface area contributed by atoms with Crippen LogP contribution in [0.5, 0.6) is 0 Å². The second kappa shape index (κ2) is 5.65. The highest BCUT2D eigenvalue weighted by molar-refractivity contribution is 7.20. The van der Waals surface area contributed by atoms with E-state index in [-0.39, 0.29) is 11.7 Å². The van der Waals surface area contributed by atoms with Gasteiger partial charge in [-0.05, 0) is 25.0 Å². The number of hydrogen-bond acceptors (Lipinski definition) is 4. The van der Waals surface area contributed by atoms with E-state index in [0.717, 1.165) is 23.1 Å². The van der Waals surface area contributed by atoms with Gasteiger partial charge in [-0.1, -0.05) is 30.4 Å². The number of primary amides is 1. The highest BCUT2D eigenvalue weighted by Crippen LogP contribution is 2.43. The predicted octanol–water partition coefficient (Wildman–Crippen LogP) is 3.80. The molecule has 3 aromatic rings. The summed E-state index contributed by atoms with van der Waals surface area (Å²) in [6.07, 6.45) is 5.97. The molecule has 0 radical (unpaired) electrons. The lowest BCUT2D eigenvalue weighted by molar-refractivity contribution is 0.0977. The fourth-order valence-electron chi connectivity index (χ4n) is 2.83. The predicted molar refractivity (Wildman–Crippen MR) is 94.4 cm³/mol. The fraction of sp³-hybridized carbons (Fsp3) is 0.111. The SMILES string of the molecule is NC(=O)c1oc2c3c(sc2c1NC(=O)c1ccccc1)CCC=C3. The molecule has 3 N–H and O–H groups in total. The Labute approximate surface area is 141 Å². The summed E-state index contributed by atoms with van der Waals surface area (Å²) in [5.74, 6) is -1.01. The molecule has 1 aliphatic rings. The average molecular weight is 338 g/mol. The van der Waals surface area contributed by atoms with Crippen LogP contribution in [0.15, 0.2) is 40.8 Å². The molecule has 0 aliphatic heterocycles. The smallest absolute Gasteiger partial charge is 0.286 e. The lowest BCUT2D eigenvalue weighted by Crippen LogP contribution is -2.16. The Morgan fingerprint density at radius 3 is 2.75 bits per heavy atom. The number of carbonyl (C=O) groups excluding carboxylic acids is 2. The van der Waals surface area contributed by atoms with Crippen LogP contribution < -0.4 is 11.1 Å². The van der Waals surface area contributed by atoms with E-state index in [1.165, 1.54) is 16.2 Å². The first-order chi connectivity index (χ1) is 11.6. The normalized spacial score (nSPS) is 13.0. The summed E-state index contributed by atoms with van der Waals surface area (Å²) in [6.45, 7) is 0. The van der Waals surface area contributed by atoms with Crippen molar-refractivity contribution in [2.75, 3.05) is 5.32 Å². The van der Waals surface area contributed by atoms with Gasteiger partial charge in [0.15, 0.2) is 5.58 Å². The van der Waals surface area contributed by atoms with Crippen LogP contribution in [0.1, 0.15) is 37.8 Å². The van der Waals surface area contributed by atoms with Crippen molar-refractivity contribution in [1.82, 2.24) is 0 Å². The van der Waals surface area contributed by atoms with E-state index in [1.54, 1.807) is 24.3 Å². The van der Waals surface area contributed by atoms with Crippen molar-refractivity contribution in [3.8, 4) is 0 Å². The third kappa shape index (κ3) is 2.32. The van der Waals surface area contributed by atoms with Gasteiger partial charge in [-0.2, -0.15) is 0 Å². The number of anilines is 1. The van der Waals surface area contributed by atoms with Crippen LogP contribution in [0, 0.1) is 0 Å². The van der Waals surface area contributed by atoms with Crippen molar-refractivity contribution in [1.29, 1.82) is 0 Å². The maximum Gasteiger partial charge on any atom is 0.286 e. The van der Waals surface area contributed by atoms with Crippen molar-refractivity contribution < 1.29 is 14.0 Å². The molecule has 0 fully saturated rings. The van der Waals surface area contributed by atoms with E-state index in [4.69, 9.17) is 10.2 Å². The van der Waals surface area contributed by atoms with Crippen LogP contribution in [0.4, 0.5) is 5.69 Å². The molecule has 5 nitrogen and oxygen atoms in total. The summed E-state index contributed by atoms with van der Waals surface area (Å²) in [7, 11) is 0. The molecular formula is C18H14N2O3S. The summed E-state index contributed by atoms with van der Waals surface area (Å²) in [5, 5.41) is 2.79. The van der Waals surface area contributed by atoms with E-state index in [2.05, 4.69) is 11.4 Å². The summed E-state index contributed by atoms with van der Waals surface area (Å²) >= 11 is 1.53. The Hall–Kier alpha value is -2.86. The van der Waals surface area contributed by atoms with Gasteiger partial charge in [0.1, 0.15) is 5.69 Å². The van der Waals surface area contributed by atoms with Gasteiger partial charge in [0.25, 0.3) is 11.8 Å². The molecule has 24 heavy (non-hydrogen) atoms. The molecule has 0 bridgehead atoms. The second-order valence-corrected chi connectivity index (χ2v) is 6.63. The number of furan rings is 1. The zero-order valence-electron chi connectivity index (χ0n) is 12.7. The summed E-state index contributed by atoms with van der Waals surface area (Å²) < 4.78 is 6.46. The van der Waals surface area contributed by atoms with Gasteiger partial charge in [-0.3, -0.25) is 9.59 Å². The highest BCUT2D eigenvalue weighted by atomic mass is 32.1. The number of rotatable bonds is 3. The van der Waals surface area contributed by atoms with Crippen LogP contribution >= 0.6 is 11.3 Å². The number of carbonyl (C=O) groups is 2. The van der Waals surface area contributed by atoms with Gasteiger partial charge in [0.2, 0.25) is 5.76 Å². The van der Waals surface area contributed by atoms with Crippen molar-refractivity contribution in [2.45, 2.75) is 12.8 Å². The van der Waals surface area contributed by atoms with Crippen LogP contribution in [-0.2, 0) is 6.42 Å². The van der Waals surface area contributed by atoms with Gasteiger partial charge in [0.05, 0.1) is 4.70 Å². The minimum atomic E-state index is -0.699. The molecule has 4 rings (SSSR count). The first kappa shape index (κ1) is 14.7. The number of nitrogens with one attached hydrogen (secondary N) is 1. The molecule has 120 valence electrons. The molecule has 0 spiro atoms. The molecule has 0 unspecified atom stereocenters. The van der Waals surface area contributed by atoms with Crippen LogP contribution in [0.2, 0.25) is 0 Å². The molecule has 0 saturated carbocycles. The van der Waals surface area contributed by atoms with E-state index >= 15 is 0 Å². The van der Waals surface area contributed by atoms with Crippen molar-refractivity contribution >= 4 is 45.2 Å². The quantitative estimate of drug-likeness (QED) is 0.761. The summed E-state index contributed by atoms with van der Waals surface area (Å²) in [4.78, 5) is 25.4. The molecule has 2 amide bonds. The Bertz CT molecular complexity index is 983. The number of nitrogens with two attached hydrogens (primary N) is 1. The Balaban J connectivity index is 1.82. The standard InChI is InChI=1S/C18H14N2O3S/c19-17(21)15-13(20-18(22)10-6-2-1-3-7-10)16-14(23-15)11-8-4-5-9-12(11)24-16/h1-4,6-8H,5,9H2,(H2,19,21)(H,20,22). The van der Waals surface area contributed by atoms with E-state index in [9.17, 15) is 9.59 Å². The van der Waals surface area contributed by atoms with Gasteiger partial charge in [-0.25, -0.2) is 0 Å². The van der Waals surface area contributed by atoms with Gasteiger partial charge < -0.3 is 15.5 Å².